The molecule has 0 aliphatic carbocycles. The number of hydrogen-bond donors (Lipinski definition) is 0. The second kappa shape index (κ2) is 8.61. The van der Waals surface area contributed by atoms with Gasteiger partial charge in [-0.2, -0.15) is 0 Å². The second-order valence-electron chi connectivity index (χ2n) is 9.04. The van der Waals surface area contributed by atoms with Crippen molar-refractivity contribution in [3.63, 3.8) is 0 Å². The third-order valence-electron chi connectivity index (χ3n) is 6.22. The summed E-state index contributed by atoms with van der Waals surface area (Å²) in [5.74, 6) is 1.39. The maximum absolute atomic E-state index is 7.44. The standard InChI is InChI=1S/C26H38O/c1-19(2)25(20(3)4,23-15-11-9-12-16-23)27-26(21(5)6,22(7)8)24-17-13-10-14-18-24/h9-22H,1-8H3. The van der Waals surface area contributed by atoms with Crippen LogP contribution < -0.4 is 0 Å². The summed E-state index contributed by atoms with van der Waals surface area (Å²) in [5, 5.41) is 0. The third-order valence-corrected chi connectivity index (χ3v) is 6.22. The van der Waals surface area contributed by atoms with E-state index in [9.17, 15) is 0 Å². The zero-order chi connectivity index (χ0) is 20.2. The first kappa shape index (κ1) is 21.7. The Hall–Kier alpha value is -1.60. The maximum atomic E-state index is 7.44. The van der Waals surface area contributed by atoms with E-state index < -0.39 is 0 Å². The molecule has 0 radical (unpaired) electrons. The molecule has 1 heteroatoms. The predicted molar refractivity (Wildman–Crippen MR) is 117 cm³/mol. The highest BCUT2D eigenvalue weighted by Gasteiger charge is 2.50. The Morgan fingerprint density at radius 2 is 0.741 bits per heavy atom. The molecule has 0 heterocycles. The second-order valence-corrected chi connectivity index (χ2v) is 9.04. The van der Waals surface area contributed by atoms with Crippen LogP contribution in [0.4, 0.5) is 0 Å². The monoisotopic (exact) mass is 366 g/mol. The van der Waals surface area contributed by atoms with E-state index in [0.717, 1.165) is 0 Å². The molecular formula is C26H38O. The molecular weight excluding hydrogens is 328 g/mol. The Labute approximate surface area is 167 Å². The molecule has 2 aromatic rings. The van der Waals surface area contributed by atoms with Crippen molar-refractivity contribution in [1.82, 2.24) is 0 Å². The van der Waals surface area contributed by atoms with E-state index in [4.69, 9.17) is 4.74 Å². The van der Waals surface area contributed by atoms with Gasteiger partial charge in [-0.1, -0.05) is 116 Å². The average Bonchev–Trinajstić information content (AvgIpc) is 2.63. The van der Waals surface area contributed by atoms with Gasteiger partial charge < -0.3 is 4.74 Å². The summed E-state index contributed by atoms with van der Waals surface area (Å²) in [4.78, 5) is 0. The minimum Gasteiger partial charge on any atom is -0.358 e. The summed E-state index contributed by atoms with van der Waals surface area (Å²) < 4.78 is 7.44. The molecule has 0 atom stereocenters. The van der Waals surface area contributed by atoms with Crippen LogP contribution >= 0.6 is 0 Å². The molecule has 0 saturated carbocycles. The third kappa shape index (κ3) is 3.85. The van der Waals surface area contributed by atoms with Gasteiger partial charge in [-0.05, 0) is 34.8 Å². The molecule has 1 nitrogen and oxygen atoms in total. The van der Waals surface area contributed by atoms with Crippen molar-refractivity contribution in [3.8, 4) is 0 Å². The zero-order valence-electron chi connectivity index (χ0n) is 18.5. The van der Waals surface area contributed by atoms with Gasteiger partial charge in [-0.3, -0.25) is 0 Å². The number of ether oxygens (including phenoxy) is 1. The Bertz CT molecular complexity index is 605. The predicted octanol–water partition coefficient (Wildman–Crippen LogP) is 7.42. The van der Waals surface area contributed by atoms with E-state index >= 15 is 0 Å². The molecule has 0 aliphatic heterocycles. The first-order chi connectivity index (χ1) is 12.7. The molecule has 0 N–H and O–H groups in total. The minimum absolute atomic E-state index is 0.348. The lowest BCUT2D eigenvalue weighted by Gasteiger charge is -2.53. The summed E-state index contributed by atoms with van der Waals surface area (Å²) >= 11 is 0. The molecule has 148 valence electrons. The van der Waals surface area contributed by atoms with Crippen LogP contribution in [0.1, 0.15) is 66.5 Å². The Balaban J connectivity index is 2.75. The van der Waals surface area contributed by atoms with Gasteiger partial charge in [0.1, 0.15) is 0 Å². The van der Waals surface area contributed by atoms with Crippen LogP contribution in [0.5, 0.6) is 0 Å². The summed E-state index contributed by atoms with van der Waals surface area (Å²) in [6.07, 6.45) is 0. The lowest BCUT2D eigenvalue weighted by Crippen LogP contribution is -2.52. The van der Waals surface area contributed by atoms with Crippen molar-refractivity contribution >= 4 is 0 Å². The first-order valence-corrected chi connectivity index (χ1v) is 10.5. The number of hydrogen-bond acceptors (Lipinski definition) is 1. The fourth-order valence-electron chi connectivity index (χ4n) is 4.93. The van der Waals surface area contributed by atoms with Crippen molar-refractivity contribution in [2.24, 2.45) is 23.7 Å². The molecule has 0 aromatic heterocycles. The van der Waals surface area contributed by atoms with Crippen LogP contribution in [0.15, 0.2) is 60.7 Å². The van der Waals surface area contributed by atoms with Crippen molar-refractivity contribution in [1.29, 1.82) is 0 Å². The Morgan fingerprint density at radius 1 is 0.481 bits per heavy atom. The van der Waals surface area contributed by atoms with Crippen LogP contribution in [-0.2, 0) is 15.9 Å². The SMILES string of the molecule is CC(C)C(OC(c1ccccc1)(C(C)C)C(C)C)(c1ccccc1)C(C)C. The van der Waals surface area contributed by atoms with E-state index in [-0.39, 0.29) is 11.2 Å². The highest BCUT2D eigenvalue weighted by molar-refractivity contribution is 5.28. The summed E-state index contributed by atoms with van der Waals surface area (Å²) in [6.45, 7) is 18.4. The highest BCUT2D eigenvalue weighted by atomic mass is 16.5. The van der Waals surface area contributed by atoms with Crippen LogP contribution in [-0.4, -0.2) is 0 Å². The van der Waals surface area contributed by atoms with E-state index in [1.165, 1.54) is 11.1 Å². The molecule has 2 aromatic carbocycles. The smallest absolute Gasteiger partial charge is 0.0989 e. The quantitative estimate of drug-likeness (QED) is 0.472. The highest BCUT2D eigenvalue weighted by Crippen LogP contribution is 2.51. The fraction of sp³-hybridized carbons (Fsp3) is 0.538. The van der Waals surface area contributed by atoms with Gasteiger partial charge in [0.15, 0.2) is 0 Å². The van der Waals surface area contributed by atoms with Gasteiger partial charge in [0.25, 0.3) is 0 Å². The Morgan fingerprint density at radius 3 is 0.963 bits per heavy atom. The molecule has 0 fully saturated rings. The molecule has 2 rings (SSSR count). The fourth-order valence-corrected chi connectivity index (χ4v) is 4.93. The van der Waals surface area contributed by atoms with Crippen LogP contribution in [0.25, 0.3) is 0 Å². The zero-order valence-corrected chi connectivity index (χ0v) is 18.5. The van der Waals surface area contributed by atoms with Gasteiger partial charge in [-0.25, -0.2) is 0 Å². The average molecular weight is 367 g/mol. The van der Waals surface area contributed by atoms with Crippen molar-refractivity contribution in [3.05, 3.63) is 71.8 Å². The van der Waals surface area contributed by atoms with Crippen LogP contribution in [0.3, 0.4) is 0 Å². The first-order valence-electron chi connectivity index (χ1n) is 10.5. The largest absolute Gasteiger partial charge is 0.358 e. The molecule has 0 aliphatic rings. The van der Waals surface area contributed by atoms with E-state index in [1.54, 1.807) is 0 Å². The topological polar surface area (TPSA) is 9.23 Å². The van der Waals surface area contributed by atoms with Crippen molar-refractivity contribution in [2.75, 3.05) is 0 Å². The van der Waals surface area contributed by atoms with Crippen molar-refractivity contribution in [2.45, 2.75) is 66.6 Å². The van der Waals surface area contributed by atoms with Gasteiger partial charge in [0.05, 0.1) is 11.2 Å². The number of rotatable bonds is 8. The van der Waals surface area contributed by atoms with Gasteiger partial charge in [0.2, 0.25) is 0 Å². The lowest BCUT2D eigenvalue weighted by atomic mass is 9.70. The molecule has 0 bridgehead atoms. The van der Waals surface area contributed by atoms with E-state index in [2.05, 4.69) is 116 Å². The van der Waals surface area contributed by atoms with E-state index in [0.29, 0.717) is 23.7 Å². The van der Waals surface area contributed by atoms with Crippen LogP contribution in [0.2, 0.25) is 0 Å². The summed E-state index contributed by atoms with van der Waals surface area (Å²) in [5.41, 5.74) is 1.84. The van der Waals surface area contributed by atoms with Gasteiger partial charge >= 0.3 is 0 Å². The summed E-state index contributed by atoms with van der Waals surface area (Å²) in [6, 6.07) is 21.6. The van der Waals surface area contributed by atoms with Crippen molar-refractivity contribution < 1.29 is 4.74 Å². The normalized spacial score (nSPS) is 13.2. The lowest BCUT2D eigenvalue weighted by molar-refractivity contribution is -0.246. The summed E-state index contributed by atoms with van der Waals surface area (Å²) in [7, 11) is 0. The maximum Gasteiger partial charge on any atom is 0.0989 e. The number of benzene rings is 2. The molecule has 0 amide bonds. The molecule has 0 saturated heterocycles. The van der Waals surface area contributed by atoms with Gasteiger partial charge in [-0.15, -0.1) is 0 Å². The van der Waals surface area contributed by atoms with E-state index in [1.807, 2.05) is 0 Å². The molecule has 0 unspecified atom stereocenters. The van der Waals surface area contributed by atoms with Gasteiger partial charge in [0, 0.05) is 0 Å². The molecule has 0 spiro atoms. The minimum atomic E-state index is -0.356. The van der Waals surface area contributed by atoms with Crippen LogP contribution in [0, 0.1) is 23.7 Å². The Kier molecular flexibility index (Phi) is 6.92. The molecule has 27 heavy (non-hydrogen) atoms.